The van der Waals surface area contributed by atoms with E-state index >= 15 is 0 Å². The average molecular weight is 321 g/mol. The zero-order valence-electron chi connectivity index (χ0n) is 11.4. The molecule has 0 spiro atoms. The lowest BCUT2D eigenvalue weighted by Gasteiger charge is -2.15. The fourth-order valence-electron chi connectivity index (χ4n) is 2.22. The summed E-state index contributed by atoms with van der Waals surface area (Å²) in [5, 5.41) is 12.9. The lowest BCUT2D eigenvalue weighted by atomic mass is 10.1. The van der Waals surface area contributed by atoms with Crippen LogP contribution in [0.25, 0.3) is 5.65 Å². The molecule has 0 saturated heterocycles. The number of nitrogens with zero attached hydrogens (tertiary/aromatic N) is 3. The van der Waals surface area contributed by atoms with Crippen LogP contribution in [0.3, 0.4) is 0 Å². The predicted molar refractivity (Wildman–Crippen MR) is 84.7 cm³/mol. The molecule has 3 rings (SSSR count). The zero-order chi connectivity index (χ0) is 14.8. The number of benzene rings is 1. The summed E-state index contributed by atoms with van der Waals surface area (Å²) in [6.45, 7) is 2.63. The monoisotopic (exact) mass is 320 g/mol. The van der Waals surface area contributed by atoms with Gasteiger partial charge in [0, 0.05) is 12.2 Å². The molecule has 0 radical (unpaired) electrons. The minimum atomic E-state index is 0.0623. The number of hydrogen-bond donors (Lipinski definition) is 1. The smallest absolute Gasteiger partial charge is 0.160 e. The second kappa shape index (κ2) is 6.02. The van der Waals surface area contributed by atoms with E-state index in [4.69, 9.17) is 23.2 Å². The number of hydrogen-bond acceptors (Lipinski definition) is 3. The van der Waals surface area contributed by atoms with E-state index in [9.17, 15) is 0 Å². The van der Waals surface area contributed by atoms with Crippen LogP contribution in [0.2, 0.25) is 10.0 Å². The van der Waals surface area contributed by atoms with Crippen LogP contribution in [-0.2, 0) is 6.54 Å². The molecule has 21 heavy (non-hydrogen) atoms. The van der Waals surface area contributed by atoms with Gasteiger partial charge in [0.2, 0.25) is 0 Å². The summed E-state index contributed by atoms with van der Waals surface area (Å²) in [6.07, 6.45) is 1.95. The molecule has 108 valence electrons. The van der Waals surface area contributed by atoms with Gasteiger partial charge in [-0.25, -0.2) is 0 Å². The van der Waals surface area contributed by atoms with Crippen LogP contribution in [0.15, 0.2) is 42.6 Å². The molecule has 4 nitrogen and oxygen atoms in total. The van der Waals surface area contributed by atoms with Gasteiger partial charge in [-0.2, -0.15) is 0 Å². The van der Waals surface area contributed by atoms with Crippen molar-refractivity contribution in [1.29, 1.82) is 0 Å². The molecule has 0 aliphatic heterocycles. The fourth-order valence-corrected chi connectivity index (χ4v) is 2.69. The van der Waals surface area contributed by atoms with Crippen LogP contribution in [0.1, 0.15) is 24.4 Å². The molecule has 0 saturated carbocycles. The molecule has 3 aromatic rings. The first kappa shape index (κ1) is 14.3. The van der Waals surface area contributed by atoms with Gasteiger partial charge in [0.05, 0.1) is 16.6 Å². The minimum Gasteiger partial charge on any atom is -0.303 e. The molecule has 1 atom stereocenters. The Bertz CT molecular complexity index is 769. The number of aromatic nitrogens is 3. The van der Waals surface area contributed by atoms with Gasteiger partial charge in [-0.1, -0.05) is 41.4 Å². The minimum absolute atomic E-state index is 0.0623. The molecule has 2 heterocycles. The Morgan fingerprint density at radius 3 is 2.86 bits per heavy atom. The molecule has 6 heteroatoms. The van der Waals surface area contributed by atoms with Gasteiger partial charge in [0.25, 0.3) is 0 Å². The van der Waals surface area contributed by atoms with Crippen LogP contribution in [0.5, 0.6) is 0 Å². The summed E-state index contributed by atoms with van der Waals surface area (Å²) in [4.78, 5) is 0. The number of nitrogens with one attached hydrogen (secondary N) is 1. The lowest BCUT2D eigenvalue weighted by Crippen LogP contribution is -2.20. The van der Waals surface area contributed by atoms with E-state index in [-0.39, 0.29) is 6.04 Å². The third-order valence-electron chi connectivity index (χ3n) is 3.40. The van der Waals surface area contributed by atoms with Crippen molar-refractivity contribution < 1.29 is 0 Å². The van der Waals surface area contributed by atoms with E-state index in [1.54, 1.807) is 6.07 Å². The van der Waals surface area contributed by atoms with Crippen LogP contribution >= 0.6 is 23.2 Å². The van der Waals surface area contributed by atoms with Crippen molar-refractivity contribution in [3.63, 3.8) is 0 Å². The Labute approximate surface area is 132 Å². The van der Waals surface area contributed by atoms with Crippen molar-refractivity contribution in [3.05, 3.63) is 64.0 Å². The largest absolute Gasteiger partial charge is 0.303 e. The summed E-state index contributed by atoms with van der Waals surface area (Å²) in [7, 11) is 0. The van der Waals surface area contributed by atoms with Crippen molar-refractivity contribution in [2.24, 2.45) is 0 Å². The summed E-state index contributed by atoms with van der Waals surface area (Å²) in [5.41, 5.74) is 1.81. The quantitative estimate of drug-likeness (QED) is 0.793. The molecule has 1 aromatic carbocycles. The molecule has 0 fully saturated rings. The second-order valence-corrected chi connectivity index (χ2v) is 5.58. The Morgan fingerprint density at radius 1 is 1.14 bits per heavy atom. The van der Waals surface area contributed by atoms with Gasteiger partial charge in [0.15, 0.2) is 11.5 Å². The van der Waals surface area contributed by atoms with Gasteiger partial charge in [-0.15, -0.1) is 10.2 Å². The van der Waals surface area contributed by atoms with Crippen LogP contribution in [0.4, 0.5) is 0 Å². The van der Waals surface area contributed by atoms with Crippen molar-refractivity contribution in [1.82, 2.24) is 19.9 Å². The first-order valence-corrected chi connectivity index (χ1v) is 7.38. The maximum atomic E-state index is 6.24. The molecular weight excluding hydrogens is 307 g/mol. The highest BCUT2D eigenvalue weighted by Crippen LogP contribution is 2.29. The third-order valence-corrected chi connectivity index (χ3v) is 4.23. The predicted octanol–water partition coefficient (Wildman–Crippen LogP) is 3.89. The van der Waals surface area contributed by atoms with E-state index in [0.717, 1.165) is 17.0 Å². The molecule has 0 aliphatic carbocycles. The standard InChI is InChI=1S/C15H14Cl2N4/c1-10(11-5-4-6-12(16)15(11)17)18-9-14-20-19-13-7-2-3-8-21(13)14/h2-8,10,18H,9H2,1H3. The van der Waals surface area contributed by atoms with E-state index < -0.39 is 0 Å². The number of rotatable bonds is 4. The SMILES string of the molecule is CC(NCc1nnc2ccccn12)c1cccc(Cl)c1Cl. The highest BCUT2D eigenvalue weighted by Gasteiger charge is 2.12. The fraction of sp³-hybridized carbons (Fsp3) is 0.200. The van der Waals surface area contributed by atoms with Crippen LogP contribution in [0, 0.1) is 0 Å². The lowest BCUT2D eigenvalue weighted by molar-refractivity contribution is 0.556. The highest BCUT2D eigenvalue weighted by atomic mass is 35.5. The summed E-state index contributed by atoms with van der Waals surface area (Å²) >= 11 is 12.3. The van der Waals surface area contributed by atoms with Gasteiger partial charge >= 0.3 is 0 Å². The topological polar surface area (TPSA) is 42.2 Å². The first-order chi connectivity index (χ1) is 10.2. The van der Waals surface area contributed by atoms with E-state index in [2.05, 4.69) is 15.5 Å². The van der Waals surface area contributed by atoms with Crippen LogP contribution in [-0.4, -0.2) is 14.6 Å². The van der Waals surface area contributed by atoms with Gasteiger partial charge in [-0.3, -0.25) is 4.40 Å². The molecule has 0 amide bonds. The van der Waals surface area contributed by atoms with Crippen molar-refractivity contribution in [2.75, 3.05) is 0 Å². The van der Waals surface area contributed by atoms with Gasteiger partial charge in [-0.05, 0) is 30.7 Å². The average Bonchev–Trinajstić information content (AvgIpc) is 2.91. The maximum Gasteiger partial charge on any atom is 0.160 e. The molecule has 2 aromatic heterocycles. The molecule has 1 unspecified atom stereocenters. The molecule has 1 N–H and O–H groups in total. The summed E-state index contributed by atoms with van der Waals surface area (Å²) < 4.78 is 1.96. The van der Waals surface area contributed by atoms with Crippen molar-refractivity contribution in [2.45, 2.75) is 19.5 Å². The molecule has 0 aliphatic rings. The summed E-state index contributed by atoms with van der Waals surface area (Å²) in [6, 6.07) is 11.5. The molecule has 0 bridgehead atoms. The van der Waals surface area contributed by atoms with Gasteiger partial charge < -0.3 is 5.32 Å². The molecular formula is C15H14Cl2N4. The van der Waals surface area contributed by atoms with Gasteiger partial charge in [0.1, 0.15) is 0 Å². The van der Waals surface area contributed by atoms with Crippen molar-refractivity contribution in [3.8, 4) is 0 Å². The number of fused-ring (bicyclic) bond motifs is 1. The Balaban J connectivity index is 1.77. The Hall–Kier alpha value is -1.62. The van der Waals surface area contributed by atoms with Crippen LogP contribution < -0.4 is 5.32 Å². The Kier molecular flexibility index (Phi) is 4.10. The second-order valence-electron chi connectivity index (χ2n) is 4.79. The van der Waals surface area contributed by atoms with Crippen molar-refractivity contribution >= 4 is 28.8 Å². The zero-order valence-corrected chi connectivity index (χ0v) is 12.9. The normalized spacial score (nSPS) is 12.7. The third kappa shape index (κ3) is 2.88. The highest BCUT2D eigenvalue weighted by molar-refractivity contribution is 6.42. The Morgan fingerprint density at radius 2 is 2.00 bits per heavy atom. The summed E-state index contributed by atoms with van der Waals surface area (Å²) in [5.74, 6) is 0.857. The number of halogens is 2. The first-order valence-electron chi connectivity index (χ1n) is 6.63. The van der Waals surface area contributed by atoms with E-state index in [1.807, 2.05) is 47.9 Å². The van der Waals surface area contributed by atoms with E-state index in [0.29, 0.717) is 16.6 Å². The number of pyridine rings is 1. The van der Waals surface area contributed by atoms with E-state index in [1.165, 1.54) is 0 Å². The maximum absolute atomic E-state index is 6.24.